The largest absolute Gasteiger partial charge is 0.507 e. The number of anilines is 3. The summed E-state index contributed by atoms with van der Waals surface area (Å²) in [6.07, 6.45) is 1.38. The van der Waals surface area contributed by atoms with Gasteiger partial charge < -0.3 is 25.8 Å². The van der Waals surface area contributed by atoms with Crippen molar-refractivity contribution in [2.24, 2.45) is 5.10 Å². The van der Waals surface area contributed by atoms with Crippen molar-refractivity contribution in [3.63, 3.8) is 0 Å². The van der Waals surface area contributed by atoms with Gasteiger partial charge in [-0.3, -0.25) is 19.4 Å². The van der Waals surface area contributed by atoms with Crippen LogP contribution < -0.4 is 26.1 Å². The Kier molecular flexibility index (Phi) is 12.0. The molecule has 1 aliphatic rings. The van der Waals surface area contributed by atoms with Crippen LogP contribution >= 0.6 is 11.6 Å². The lowest BCUT2D eigenvalue weighted by atomic mass is 10.2. The number of rotatable bonds is 12. The molecule has 1 saturated heterocycles. The van der Waals surface area contributed by atoms with Crippen molar-refractivity contribution in [2.75, 3.05) is 55.2 Å². The van der Waals surface area contributed by atoms with Crippen molar-refractivity contribution in [3.05, 3.63) is 113 Å². The van der Waals surface area contributed by atoms with Gasteiger partial charge in [0.15, 0.2) is 0 Å². The Morgan fingerprint density at radius 1 is 0.750 bits per heavy atom. The van der Waals surface area contributed by atoms with E-state index in [1.54, 1.807) is 60.7 Å². The van der Waals surface area contributed by atoms with Gasteiger partial charge in [-0.05, 0) is 66.2 Å². The van der Waals surface area contributed by atoms with E-state index in [1.807, 2.05) is 40.1 Å². The van der Waals surface area contributed by atoms with Crippen molar-refractivity contribution in [1.82, 2.24) is 15.2 Å². The molecule has 0 aliphatic carbocycles. The van der Waals surface area contributed by atoms with E-state index >= 15 is 0 Å². The Labute approximate surface area is 283 Å². The van der Waals surface area contributed by atoms with Gasteiger partial charge in [-0.2, -0.15) is 5.10 Å². The maximum atomic E-state index is 12.7. The van der Waals surface area contributed by atoms with Crippen molar-refractivity contribution < 1.29 is 24.2 Å². The smallest absolute Gasteiger partial charge is 0.323 e. The normalized spacial score (nSPS) is 13.5. The Morgan fingerprint density at radius 2 is 1.40 bits per heavy atom. The van der Waals surface area contributed by atoms with Crippen LogP contribution in [-0.2, 0) is 16.2 Å². The van der Waals surface area contributed by atoms with Gasteiger partial charge in [0.25, 0.3) is 5.91 Å². The van der Waals surface area contributed by atoms with Gasteiger partial charge in [0.2, 0.25) is 5.91 Å². The highest BCUT2D eigenvalue weighted by Gasteiger charge is 2.20. The van der Waals surface area contributed by atoms with Crippen LogP contribution in [0.5, 0.6) is 11.5 Å². The third-order valence-electron chi connectivity index (χ3n) is 7.35. The maximum absolute atomic E-state index is 12.7. The van der Waals surface area contributed by atoms with E-state index in [-0.39, 0.29) is 30.7 Å². The van der Waals surface area contributed by atoms with E-state index in [9.17, 15) is 19.5 Å². The summed E-state index contributed by atoms with van der Waals surface area (Å²) in [6, 6.07) is 27.8. The SMILES string of the molecule is O=C(CN1CCN(CC(=O)Nc2ccc(NC(=O)Nc3cccc(Cl)c3)cc2)CC1)N/N=C/c1cc(OCc2ccccc2)ccc1O. The quantitative estimate of drug-likeness (QED) is 0.106. The van der Waals surface area contributed by atoms with Crippen LogP contribution in [0.15, 0.2) is 102 Å². The first-order valence-corrected chi connectivity index (χ1v) is 15.7. The minimum atomic E-state index is -0.412. The first kappa shape index (κ1) is 33.9. The molecule has 1 heterocycles. The summed E-state index contributed by atoms with van der Waals surface area (Å²) in [4.78, 5) is 41.4. The Hall–Kier alpha value is -5.43. The fourth-order valence-corrected chi connectivity index (χ4v) is 5.07. The number of nitrogens with one attached hydrogen (secondary N) is 4. The number of ether oxygens (including phenoxy) is 1. The summed E-state index contributed by atoms with van der Waals surface area (Å²) in [7, 11) is 0. The molecule has 5 rings (SSSR count). The molecule has 5 N–H and O–H groups in total. The van der Waals surface area contributed by atoms with Crippen LogP contribution in [0.1, 0.15) is 11.1 Å². The fraction of sp³-hybridized carbons (Fsp3) is 0.200. The standard InChI is InChI=1S/C35H36ClN7O5/c36-27-7-4-8-30(20-27)40-35(47)39-29-11-9-28(10-12-29)38-33(45)22-42-15-17-43(18-16-42)23-34(46)41-37-21-26-19-31(13-14-32(26)44)48-24-25-5-2-1-3-6-25/h1-14,19-21,44H,15-18,22-24H2,(H,38,45)(H,41,46)(H2,39,40,47)/b37-21+. The number of benzene rings is 4. The number of aromatic hydroxyl groups is 1. The molecule has 248 valence electrons. The van der Waals surface area contributed by atoms with E-state index < -0.39 is 6.03 Å². The van der Waals surface area contributed by atoms with Crippen molar-refractivity contribution in [3.8, 4) is 11.5 Å². The summed E-state index contributed by atoms with van der Waals surface area (Å²) in [5.41, 5.74) is 5.69. The van der Waals surface area contributed by atoms with Gasteiger partial charge in [-0.1, -0.05) is 48.0 Å². The first-order chi connectivity index (χ1) is 23.3. The van der Waals surface area contributed by atoms with Gasteiger partial charge in [0.05, 0.1) is 19.3 Å². The third kappa shape index (κ3) is 10.8. The zero-order valence-electron chi connectivity index (χ0n) is 26.1. The van der Waals surface area contributed by atoms with Crippen molar-refractivity contribution >= 4 is 52.7 Å². The number of amides is 4. The lowest BCUT2D eigenvalue weighted by molar-refractivity contribution is -0.123. The molecule has 4 amide bonds. The van der Waals surface area contributed by atoms with Crippen LogP contribution in [-0.4, -0.2) is 78.2 Å². The number of nitrogens with zero attached hydrogens (tertiary/aromatic N) is 3. The molecule has 0 bridgehead atoms. The minimum absolute atomic E-state index is 0.0178. The lowest BCUT2D eigenvalue weighted by Crippen LogP contribution is -2.50. The zero-order chi connectivity index (χ0) is 33.7. The van der Waals surface area contributed by atoms with E-state index in [2.05, 4.69) is 26.5 Å². The molecule has 0 saturated carbocycles. The Morgan fingerprint density at radius 3 is 2.08 bits per heavy atom. The average Bonchev–Trinajstić information content (AvgIpc) is 3.07. The molecule has 1 aliphatic heterocycles. The molecule has 0 radical (unpaired) electrons. The van der Waals surface area contributed by atoms with E-state index in [1.165, 1.54) is 12.3 Å². The summed E-state index contributed by atoms with van der Waals surface area (Å²) in [6.45, 7) is 3.23. The molecular weight excluding hydrogens is 634 g/mol. The van der Waals surface area contributed by atoms with Gasteiger partial charge in [0, 0.05) is 53.8 Å². The number of halogens is 1. The molecular formula is C35H36ClN7O5. The second-order valence-corrected chi connectivity index (χ2v) is 11.5. The average molecular weight is 670 g/mol. The number of phenolic OH excluding ortho intramolecular Hbond substituents is 1. The van der Waals surface area contributed by atoms with Crippen LogP contribution in [0, 0.1) is 0 Å². The van der Waals surface area contributed by atoms with E-state index in [4.69, 9.17) is 16.3 Å². The Balaban J connectivity index is 0.983. The maximum Gasteiger partial charge on any atom is 0.323 e. The number of phenols is 1. The Bertz CT molecular complexity index is 1730. The van der Waals surface area contributed by atoms with Crippen LogP contribution in [0.3, 0.4) is 0 Å². The number of piperazine rings is 1. The van der Waals surface area contributed by atoms with E-state index in [0.29, 0.717) is 66.2 Å². The zero-order valence-corrected chi connectivity index (χ0v) is 26.8. The first-order valence-electron chi connectivity index (χ1n) is 15.3. The van der Waals surface area contributed by atoms with E-state index in [0.717, 1.165) is 5.56 Å². The molecule has 0 spiro atoms. The highest BCUT2D eigenvalue weighted by Crippen LogP contribution is 2.22. The number of hydrogen-bond donors (Lipinski definition) is 5. The van der Waals surface area contributed by atoms with Crippen molar-refractivity contribution in [1.29, 1.82) is 0 Å². The van der Waals surface area contributed by atoms with Crippen molar-refractivity contribution in [2.45, 2.75) is 6.61 Å². The molecule has 0 atom stereocenters. The number of carbonyl (C=O) groups excluding carboxylic acids is 3. The lowest BCUT2D eigenvalue weighted by Gasteiger charge is -2.33. The fourth-order valence-electron chi connectivity index (χ4n) is 4.88. The minimum Gasteiger partial charge on any atom is -0.507 e. The molecule has 12 nitrogen and oxygen atoms in total. The second-order valence-electron chi connectivity index (χ2n) is 11.1. The van der Waals surface area contributed by atoms with Crippen LogP contribution in [0.2, 0.25) is 5.02 Å². The highest BCUT2D eigenvalue weighted by atomic mass is 35.5. The third-order valence-corrected chi connectivity index (χ3v) is 7.58. The van der Waals surface area contributed by atoms with Gasteiger partial charge in [-0.25, -0.2) is 10.2 Å². The van der Waals surface area contributed by atoms with Crippen LogP contribution in [0.25, 0.3) is 0 Å². The summed E-state index contributed by atoms with van der Waals surface area (Å²) in [5.74, 6) is 0.142. The predicted molar refractivity (Wildman–Crippen MR) is 187 cm³/mol. The van der Waals surface area contributed by atoms with Gasteiger partial charge in [0.1, 0.15) is 18.1 Å². The second kappa shape index (κ2) is 16.9. The number of urea groups is 1. The summed E-state index contributed by atoms with van der Waals surface area (Å²) >= 11 is 5.95. The molecule has 48 heavy (non-hydrogen) atoms. The molecule has 1 fully saturated rings. The predicted octanol–water partition coefficient (Wildman–Crippen LogP) is 4.98. The van der Waals surface area contributed by atoms with Gasteiger partial charge in [-0.15, -0.1) is 0 Å². The summed E-state index contributed by atoms with van der Waals surface area (Å²) < 4.78 is 5.80. The molecule has 13 heteroatoms. The molecule has 0 unspecified atom stereocenters. The molecule has 0 aromatic heterocycles. The number of carbonyl (C=O) groups is 3. The number of hydrazone groups is 1. The topological polar surface area (TPSA) is 148 Å². The molecule has 4 aromatic rings. The van der Waals surface area contributed by atoms with Gasteiger partial charge >= 0.3 is 6.03 Å². The molecule has 4 aromatic carbocycles. The monoisotopic (exact) mass is 669 g/mol. The highest BCUT2D eigenvalue weighted by molar-refractivity contribution is 6.30. The summed E-state index contributed by atoms with van der Waals surface area (Å²) in [5, 5.41) is 23.0. The van der Waals surface area contributed by atoms with Crippen LogP contribution in [0.4, 0.5) is 21.9 Å². The number of hydrogen-bond acceptors (Lipinski definition) is 8.